The van der Waals surface area contributed by atoms with Gasteiger partial charge in [0.1, 0.15) is 5.15 Å². The maximum absolute atomic E-state index is 6.33. The van der Waals surface area contributed by atoms with E-state index >= 15 is 0 Å². The molecule has 1 fully saturated rings. The lowest BCUT2D eigenvalue weighted by molar-refractivity contribution is 0.941. The van der Waals surface area contributed by atoms with Crippen molar-refractivity contribution in [1.29, 1.82) is 0 Å². The molecule has 0 saturated heterocycles. The van der Waals surface area contributed by atoms with E-state index < -0.39 is 0 Å². The zero-order valence-corrected chi connectivity index (χ0v) is 13.1. The zero-order chi connectivity index (χ0) is 14.6. The smallest absolute Gasteiger partial charge is 0.160 e. The summed E-state index contributed by atoms with van der Waals surface area (Å²) in [4.78, 5) is 4.71. The highest BCUT2D eigenvalue weighted by Gasteiger charge is 2.28. The minimum absolute atomic E-state index is 0.521. The maximum Gasteiger partial charge on any atom is 0.160 e. The second kappa shape index (κ2) is 4.87. The van der Waals surface area contributed by atoms with Crippen LogP contribution in [0.2, 0.25) is 15.2 Å². The Balaban J connectivity index is 1.94. The minimum atomic E-state index is 0.521. The Labute approximate surface area is 136 Å². The van der Waals surface area contributed by atoms with Gasteiger partial charge in [-0.2, -0.15) is 5.10 Å². The molecule has 4 rings (SSSR count). The van der Waals surface area contributed by atoms with Crippen LogP contribution in [-0.2, 0) is 0 Å². The normalized spacial score (nSPS) is 14.8. The molecule has 1 aromatic carbocycles. The monoisotopic (exact) mass is 337 g/mol. The third-order valence-corrected chi connectivity index (χ3v) is 4.50. The molecule has 3 nitrogen and oxygen atoms in total. The summed E-state index contributed by atoms with van der Waals surface area (Å²) in [5, 5.41) is 5.99. The lowest BCUT2D eigenvalue weighted by Crippen LogP contribution is -1.96. The number of rotatable bonds is 2. The van der Waals surface area contributed by atoms with Gasteiger partial charge in [0.25, 0.3) is 0 Å². The molecule has 1 aliphatic rings. The molecular weight excluding hydrogens is 329 g/mol. The van der Waals surface area contributed by atoms with Crippen molar-refractivity contribution in [3.8, 4) is 11.3 Å². The Morgan fingerprint density at radius 3 is 2.62 bits per heavy atom. The summed E-state index contributed by atoms with van der Waals surface area (Å²) < 4.78 is 1.67. The Bertz CT molecular complexity index is 853. The third-order valence-electron chi connectivity index (χ3n) is 3.68. The fraction of sp³-hybridized carbons (Fsp3) is 0.200. The van der Waals surface area contributed by atoms with Crippen molar-refractivity contribution in [2.24, 2.45) is 0 Å². The molecule has 3 aromatic rings. The van der Waals surface area contributed by atoms with E-state index in [1.807, 2.05) is 12.3 Å². The number of aromatic nitrogens is 3. The minimum Gasteiger partial charge on any atom is -0.228 e. The van der Waals surface area contributed by atoms with Gasteiger partial charge in [-0.3, -0.25) is 0 Å². The molecule has 0 bridgehead atoms. The van der Waals surface area contributed by atoms with Crippen LogP contribution in [0.25, 0.3) is 16.9 Å². The lowest BCUT2D eigenvalue weighted by atomic mass is 10.1. The van der Waals surface area contributed by atoms with Gasteiger partial charge < -0.3 is 0 Å². The van der Waals surface area contributed by atoms with E-state index in [1.54, 1.807) is 22.7 Å². The van der Waals surface area contributed by atoms with Gasteiger partial charge in [0.15, 0.2) is 5.65 Å². The molecular formula is C15H10Cl3N3. The van der Waals surface area contributed by atoms with Crippen molar-refractivity contribution in [1.82, 2.24) is 14.6 Å². The van der Waals surface area contributed by atoms with Crippen molar-refractivity contribution >= 4 is 40.4 Å². The molecule has 0 amide bonds. The van der Waals surface area contributed by atoms with Gasteiger partial charge in [0, 0.05) is 22.2 Å². The fourth-order valence-corrected chi connectivity index (χ4v) is 3.19. The van der Waals surface area contributed by atoms with Crippen molar-refractivity contribution in [2.45, 2.75) is 18.8 Å². The molecule has 21 heavy (non-hydrogen) atoms. The maximum atomic E-state index is 6.33. The highest BCUT2D eigenvalue weighted by atomic mass is 35.5. The van der Waals surface area contributed by atoms with E-state index in [9.17, 15) is 0 Å². The van der Waals surface area contributed by atoms with E-state index in [-0.39, 0.29) is 0 Å². The molecule has 1 aliphatic carbocycles. The number of hydrogen-bond acceptors (Lipinski definition) is 2. The molecule has 0 aliphatic heterocycles. The summed E-state index contributed by atoms with van der Waals surface area (Å²) in [7, 11) is 0. The van der Waals surface area contributed by atoms with Crippen LogP contribution >= 0.6 is 34.8 Å². The van der Waals surface area contributed by atoms with Gasteiger partial charge >= 0.3 is 0 Å². The van der Waals surface area contributed by atoms with Crippen LogP contribution in [0, 0.1) is 0 Å². The highest BCUT2D eigenvalue weighted by Crippen LogP contribution is 2.42. The quantitative estimate of drug-likeness (QED) is 0.599. The van der Waals surface area contributed by atoms with Crippen LogP contribution in [0.15, 0.2) is 30.5 Å². The Morgan fingerprint density at radius 2 is 1.90 bits per heavy atom. The molecule has 106 valence electrons. The van der Waals surface area contributed by atoms with Crippen molar-refractivity contribution in [2.75, 3.05) is 0 Å². The molecule has 0 N–H and O–H groups in total. The number of fused-ring (bicyclic) bond motifs is 1. The third kappa shape index (κ3) is 2.30. The summed E-state index contributed by atoms with van der Waals surface area (Å²) in [6.45, 7) is 0. The largest absolute Gasteiger partial charge is 0.228 e. The van der Waals surface area contributed by atoms with Gasteiger partial charge in [-0.15, -0.1) is 0 Å². The van der Waals surface area contributed by atoms with E-state index in [2.05, 4.69) is 5.10 Å². The Morgan fingerprint density at radius 1 is 1.10 bits per heavy atom. The first kappa shape index (κ1) is 13.4. The topological polar surface area (TPSA) is 30.2 Å². The van der Waals surface area contributed by atoms with Crippen LogP contribution in [0.3, 0.4) is 0 Å². The second-order valence-electron chi connectivity index (χ2n) is 5.20. The first-order valence-electron chi connectivity index (χ1n) is 6.63. The molecule has 0 unspecified atom stereocenters. The molecule has 0 spiro atoms. The van der Waals surface area contributed by atoms with E-state index in [4.69, 9.17) is 39.8 Å². The standard InChI is InChI=1S/C15H10Cl3N3/c16-9-3-4-10(12(17)5-9)13-6-14(18)21-15(20-13)11(7-19-21)8-1-2-8/h3-8H,1-2H2. The summed E-state index contributed by atoms with van der Waals surface area (Å²) in [6, 6.07) is 7.12. The summed E-state index contributed by atoms with van der Waals surface area (Å²) >= 11 is 18.5. The van der Waals surface area contributed by atoms with Gasteiger partial charge in [-0.25, -0.2) is 9.50 Å². The average Bonchev–Trinajstić information content (AvgIpc) is 3.19. The molecule has 0 radical (unpaired) electrons. The molecule has 2 aromatic heterocycles. The molecule has 1 saturated carbocycles. The second-order valence-corrected chi connectivity index (χ2v) is 6.43. The average molecular weight is 339 g/mol. The van der Waals surface area contributed by atoms with Gasteiger partial charge in [-0.05, 0) is 37.0 Å². The summed E-state index contributed by atoms with van der Waals surface area (Å²) in [6.07, 6.45) is 4.23. The van der Waals surface area contributed by atoms with Crippen LogP contribution in [-0.4, -0.2) is 14.6 Å². The summed E-state index contributed by atoms with van der Waals surface area (Å²) in [5.74, 6) is 0.557. The lowest BCUT2D eigenvalue weighted by Gasteiger charge is -2.07. The highest BCUT2D eigenvalue weighted by molar-refractivity contribution is 6.36. The first-order chi connectivity index (χ1) is 10.1. The Hall–Kier alpha value is -1.29. The summed E-state index contributed by atoms with van der Waals surface area (Å²) in [5.41, 5.74) is 3.51. The number of hydrogen-bond donors (Lipinski definition) is 0. The predicted octanol–water partition coefficient (Wildman–Crippen LogP) is 5.23. The fourth-order valence-electron chi connectivity index (χ4n) is 2.46. The van der Waals surface area contributed by atoms with Gasteiger partial charge in [0.2, 0.25) is 0 Å². The Kier molecular flexibility index (Phi) is 3.10. The zero-order valence-electron chi connectivity index (χ0n) is 10.9. The van der Waals surface area contributed by atoms with Crippen LogP contribution in [0.5, 0.6) is 0 Å². The van der Waals surface area contributed by atoms with Crippen molar-refractivity contribution in [3.05, 3.63) is 51.2 Å². The van der Waals surface area contributed by atoms with Crippen molar-refractivity contribution < 1.29 is 0 Å². The molecule has 2 heterocycles. The van der Waals surface area contributed by atoms with Gasteiger partial charge in [-0.1, -0.05) is 34.8 Å². The van der Waals surface area contributed by atoms with E-state index in [0.29, 0.717) is 21.1 Å². The SMILES string of the molecule is Clc1ccc(-c2cc(Cl)n3ncc(C4CC4)c3n2)c(Cl)c1. The number of nitrogens with zero attached hydrogens (tertiary/aromatic N) is 3. The van der Waals surface area contributed by atoms with E-state index in [1.165, 1.54) is 12.8 Å². The number of halogens is 3. The van der Waals surface area contributed by atoms with Crippen LogP contribution < -0.4 is 0 Å². The predicted molar refractivity (Wildman–Crippen MR) is 85.4 cm³/mol. The first-order valence-corrected chi connectivity index (χ1v) is 7.76. The molecule has 0 atom stereocenters. The van der Waals surface area contributed by atoms with Gasteiger partial charge in [0.05, 0.1) is 16.9 Å². The number of benzene rings is 1. The molecule has 6 heteroatoms. The van der Waals surface area contributed by atoms with Crippen molar-refractivity contribution in [3.63, 3.8) is 0 Å². The van der Waals surface area contributed by atoms with Crippen LogP contribution in [0.4, 0.5) is 0 Å². The van der Waals surface area contributed by atoms with E-state index in [0.717, 1.165) is 22.5 Å². The van der Waals surface area contributed by atoms with Crippen LogP contribution in [0.1, 0.15) is 24.3 Å².